The van der Waals surface area contributed by atoms with Gasteiger partial charge in [-0.05, 0) is 24.3 Å². The molecule has 0 aliphatic carbocycles. The van der Waals surface area contributed by atoms with Crippen LogP contribution in [0.4, 0.5) is 0 Å². The number of ether oxygens (including phenoxy) is 3. The number of benzene rings is 2. The van der Waals surface area contributed by atoms with Gasteiger partial charge in [-0.25, -0.2) is 4.79 Å². The van der Waals surface area contributed by atoms with Crippen LogP contribution in [0, 0.1) is 0 Å². The molecule has 5 nitrogen and oxygen atoms in total. The zero-order chi connectivity index (χ0) is 16.7. The maximum atomic E-state index is 12.1. The zero-order valence-electron chi connectivity index (χ0n) is 12.9. The van der Waals surface area contributed by atoms with Gasteiger partial charge in [-0.15, -0.1) is 11.8 Å². The van der Waals surface area contributed by atoms with Gasteiger partial charge in [0.15, 0.2) is 6.79 Å². The molecule has 23 heavy (non-hydrogen) atoms. The first-order valence-electron chi connectivity index (χ1n) is 6.90. The molecule has 6 heteroatoms. The lowest BCUT2D eigenvalue weighted by atomic mass is 10.1. The van der Waals surface area contributed by atoms with E-state index < -0.39 is 5.97 Å². The third-order valence-corrected chi connectivity index (χ3v) is 4.14. The van der Waals surface area contributed by atoms with E-state index in [1.165, 1.54) is 38.1 Å². The van der Waals surface area contributed by atoms with Gasteiger partial charge in [-0.2, -0.15) is 0 Å². The number of carbonyl (C=O) groups is 1. The fraction of sp³-hybridized carbons (Fsp3) is 0.235. The lowest BCUT2D eigenvalue weighted by Crippen LogP contribution is -2.10. The fourth-order valence-electron chi connectivity index (χ4n) is 2.00. The number of carbonyl (C=O) groups excluding carboxylic acids is 1. The lowest BCUT2D eigenvalue weighted by Gasteiger charge is -2.15. The van der Waals surface area contributed by atoms with Crippen molar-refractivity contribution in [1.82, 2.24) is 0 Å². The van der Waals surface area contributed by atoms with Gasteiger partial charge in [0.2, 0.25) is 0 Å². The van der Waals surface area contributed by atoms with Crippen molar-refractivity contribution in [2.24, 2.45) is 0 Å². The van der Waals surface area contributed by atoms with Gasteiger partial charge in [0, 0.05) is 23.3 Å². The highest BCUT2D eigenvalue weighted by molar-refractivity contribution is 7.98. The van der Waals surface area contributed by atoms with Crippen LogP contribution in [0.1, 0.15) is 15.9 Å². The molecule has 2 aromatic rings. The molecular weight excluding hydrogens is 316 g/mol. The summed E-state index contributed by atoms with van der Waals surface area (Å²) >= 11 is 1.51. The topological polar surface area (TPSA) is 65.0 Å². The van der Waals surface area contributed by atoms with Crippen LogP contribution < -0.4 is 4.74 Å². The zero-order valence-corrected chi connectivity index (χ0v) is 13.8. The molecule has 0 aliphatic rings. The van der Waals surface area contributed by atoms with Crippen LogP contribution in [0.3, 0.4) is 0 Å². The van der Waals surface area contributed by atoms with Gasteiger partial charge in [0.25, 0.3) is 0 Å². The minimum atomic E-state index is -0.560. The number of thioether (sulfide) groups is 1. The summed E-state index contributed by atoms with van der Waals surface area (Å²) in [6.45, 7) is 0.0000373. The van der Waals surface area contributed by atoms with Crippen molar-refractivity contribution >= 4 is 17.7 Å². The van der Waals surface area contributed by atoms with Crippen molar-refractivity contribution in [3.05, 3.63) is 53.6 Å². The summed E-state index contributed by atoms with van der Waals surface area (Å²) in [5, 5.41) is 10.2. The summed E-state index contributed by atoms with van der Waals surface area (Å²) in [7, 11) is 2.78. The SMILES string of the molecule is COCOc1ccc(O)c(CSc2ccccc2)c1C(=O)OC. The van der Waals surface area contributed by atoms with Gasteiger partial charge in [0.1, 0.15) is 17.1 Å². The molecule has 0 aromatic heterocycles. The molecule has 0 aliphatic heterocycles. The van der Waals surface area contributed by atoms with E-state index >= 15 is 0 Å². The van der Waals surface area contributed by atoms with E-state index in [-0.39, 0.29) is 18.1 Å². The van der Waals surface area contributed by atoms with Crippen molar-refractivity contribution in [3.8, 4) is 11.5 Å². The van der Waals surface area contributed by atoms with Crippen molar-refractivity contribution in [2.75, 3.05) is 21.0 Å². The second-order valence-corrected chi connectivity index (χ2v) is 5.63. The van der Waals surface area contributed by atoms with Crippen LogP contribution in [0.2, 0.25) is 0 Å². The highest BCUT2D eigenvalue weighted by Crippen LogP contribution is 2.35. The molecule has 0 bridgehead atoms. The molecule has 122 valence electrons. The minimum Gasteiger partial charge on any atom is -0.508 e. The molecule has 2 aromatic carbocycles. The minimum absolute atomic E-state index is 0.0000373. The van der Waals surface area contributed by atoms with E-state index in [4.69, 9.17) is 14.2 Å². The van der Waals surface area contributed by atoms with Crippen LogP contribution >= 0.6 is 11.8 Å². The Hall–Kier alpha value is -2.18. The highest BCUT2D eigenvalue weighted by atomic mass is 32.2. The smallest absolute Gasteiger partial charge is 0.342 e. The molecule has 0 saturated carbocycles. The standard InChI is InChI=1S/C17H18O5S/c1-20-11-22-15-9-8-14(18)13(16(15)17(19)21-2)10-23-12-6-4-3-5-7-12/h3-9,18H,10-11H2,1-2H3. The molecule has 1 N–H and O–H groups in total. The average molecular weight is 334 g/mol. The van der Waals surface area contributed by atoms with E-state index in [1.54, 1.807) is 0 Å². The number of phenols is 1. The van der Waals surface area contributed by atoms with E-state index in [1.807, 2.05) is 30.3 Å². The van der Waals surface area contributed by atoms with Crippen LogP contribution in [-0.4, -0.2) is 32.1 Å². The Kier molecular flexibility index (Phi) is 6.31. The number of aromatic hydroxyl groups is 1. The summed E-state index contributed by atoms with van der Waals surface area (Å²) in [6.07, 6.45) is 0. The Bertz CT molecular complexity index is 658. The molecule has 2 rings (SSSR count). The predicted octanol–water partition coefficient (Wildman–Crippen LogP) is 3.45. The maximum absolute atomic E-state index is 12.1. The first-order valence-corrected chi connectivity index (χ1v) is 7.88. The van der Waals surface area contributed by atoms with Gasteiger partial charge < -0.3 is 19.3 Å². The Morgan fingerprint density at radius 3 is 2.52 bits per heavy atom. The molecule has 0 amide bonds. The molecule has 0 heterocycles. The number of hydrogen-bond acceptors (Lipinski definition) is 6. The number of hydrogen-bond donors (Lipinski definition) is 1. The van der Waals surface area contributed by atoms with E-state index in [0.29, 0.717) is 17.1 Å². The van der Waals surface area contributed by atoms with Crippen LogP contribution in [0.15, 0.2) is 47.4 Å². The summed E-state index contributed by atoms with van der Waals surface area (Å²) in [5.74, 6) is 0.194. The second-order valence-electron chi connectivity index (χ2n) is 4.58. The number of rotatable bonds is 7. The van der Waals surface area contributed by atoms with Gasteiger partial charge in [-0.3, -0.25) is 0 Å². The third-order valence-electron chi connectivity index (χ3n) is 3.10. The molecule has 0 atom stereocenters. The largest absolute Gasteiger partial charge is 0.508 e. The van der Waals surface area contributed by atoms with Crippen molar-refractivity contribution in [2.45, 2.75) is 10.6 Å². The first-order chi connectivity index (χ1) is 11.2. The second kappa shape index (κ2) is 8.45. The van der Waals surface area contributed by atoms with Crippen molar-refractivity contribution < 1.29 is 24.1 Å². The number of phenolic OH excluding ortho intramolecular Hbond substituents is 1. The monoisotopic (exact) mass is 334 g/mol. The molecule has 0 unspecified atom stereocenters. The van der Waals surface area contributed by atoms with Gasteiger partial charge in [-0.1, -0.05) is 18.2 Å². The summed E-state index contributed by atoms with van der Waals surface area (Å²) in [5.41, 5.74) is 0.687. The molecule has 0 spiro atoms. The summed E-state index contributed by atoms with van der Waals surface area (Å²) < 4.78 is 15.1. The van der Waals surface area contributed by atoms with Crippen LogP contribution in [0.25, 0.3) is 0 Å². The number of esters is 1. The van der Waals surface area contributed by atoms with E-state index in [9.17, 15) is 9.90 Å². The van der Waals surface area contributed by atoms with E-state index in [2.05, 4.69) is 0 Å². The normalized spacial score (nSPS) is 10.3. The quantitative estimate of drug-likeness (QED) is 0.475. The number of methoxy groups -OCH3 is 2. The Labute approximate surface area is 139 Å². The Morgan fingerprint density at radius 1 is 1.13 bits per heavy atom. The van der Waals surface area contributed by atoms with Crippen LogP contribution in [-0.2, 0) is 15.2 Å². The highest BCUT2D eigenvalue weighted by Gasteiger charge is 2.22. The molecule has 0 saturated heterocycles. The summed E-state index contributed by atoms with van der Waals surface area (Å²) in [6, 6.07) is 12.7. The molecular formula is C17H18O5S. The Morgan fingerprint density at radius 2 is 1.87 bits per heavy atom. The van der Waals surface area contributed by atoms with Crippen molar-refractivity contribution in [1.29, 1.82) is 0 Å². The first kappa shape index (κ1) is 17.2. The fourth-order valence-corrected chi connectivity index (χ4v) is 2.96. The third kappa shape index (κ3) is 4.40. The van der Waals surface area contributed by atoms with E-state index in [0.717, 1.165) is 4.90 Å². The predicted molar refractivity (Wildman–Crippen MR) is 88.0 cm³/mol. The molecule has 0 radical (unpaired) electrons. The van der Waals surface area contributed by atoms with Crippen molar-refractivity contribution in [3.63, 3.8) is 0 Å². The Balaban J connectivity index is 2.33. The molecule has 0 fully saturated rings. The lowest BCUT2D eigenvalue weighted by molar-refractivity contribution is 0.0463. The van der Waals surface area contributed by atoms with Crippen LogP contribution in [0.5, 0.6) is 11.5 Å². The summed E-state index contributed by atoms with van der Waals surface area (Å²) in [4.78, 5) is 13.2. The maximum Gasteiger partial charge on any atom is 0.342 e. The van der Waals surface area contributed by atoms with Gasteiger partial charge >= 0.3 is 5.97 Å². The average Bonchev–Trinajstić information content (AvgIpc) is 2.59. The van der Waals surface area contributed by atoms with Gasteiger partial charge in [0.05, 0.1) is 7.11 Å².